The number of carbonyl (C=O) groups excluding carboxylic acids is 2. The molecule has 22 heavy (non-hydrogen) atoms. The number of carbonyl (C=O) groups is 2. The molecule has 0 radical (unpaired) electrons. The normalized spacial score (nSPS) is 16.1. The second kappa shape index (κ2) is 6.75. The molecule has 1 aliphatic carbocycles. The van der Waals surface area contributed by atoms with Crippen molar-refractivity contribution in [3.8, 4) is 0 Å². The summed E-state index contributed by atoms with van der Waals surface area (Å²) in [6, 6.07) is 11.9. The Balaban J connectivity index is 1.45. The molecule has 0 fully saturated rings. The Hall–Kier alpha value is -2.14. The van der Waals surface area contributed by atoms with Crippen molar-refractivity contribution in [2.75, 3.05) is 6.54 Å². The van der Waals surface area contributed by atoms with Crippen LogP contribution in [0.5, 0.6) is 0 Å². The Bertz CT molecular complexity index is 667. The van der Waals surface area contributed by atoms with Crippen LogP contribution in [0.3, 0.4) is 0 Å². The van der Waals surface area contributed by atoms with Gasteiger partial charge < -0.3 is 10.6 Å². The minimum Gasteiger partial charge on any atom is -0.351 e. The maximum atomic E-state index is 12.0. The highest BCUT2D eigenvalue weighted by Crippen LogP contribution is 2.30. The van der Waals surface area contributed by atoms with Crippen LogP contribution < -0.4 is 10.6 Å². The molecule has 0 saturated heterocycles. The van der Waals surface area contributed by atoms with Gasteiger partial charge in [-0.2, -0.15) is 0 Å². The van der Waals surface area contributed by atoms with Gasteiger partial charge in [-0.05, 0) is 35.4 Å². The Morgan fingerprint density at radius 3 is 2.86 bits per heavy atom. The highest BCUT2D eigenvalue weighted by molar-refractivity contribution is 7.12. The summed E-state index contributed by atoms with van der Waals surface area (Å²) in [7, 11) is 0. The SMILES string of the molecule is O=C(CCNC(=O)c1cccs1)N[C@H]1CCc2ccccc21. The van der Waals surface area contributed by atoms with Crippen LogP contribution in [-0.4, -0.2) is 18.4 Å². The highest BCUT2D eigenvalue weighted by atomic mass is 32.1. The van der Waals surface area contributed by atoms with Gasteiger partial charge in [-0.3, -0.25) is 9.59 Å². The lowest BCUT2D eigenvalue weighted by atomic mass is 10.1. The molecule has 1 aromatic carbocycles. The van der Waals surface area contributed by atoms with E-state index in [1.807, 2.05) is 23.6 Å². The minimum atomic E-state index is -0.117. The monoisotopic (exact) mass is 314 g/mol. The van der Waals surface area contributed by atoms with Gasteiger partial charge in [0, 0.05) is 13.0 Å². The quantitative estimate of drug-likeness (QED) is 0.891. The van der Waals surface area contributed by atoms with Crippen molar-refractivity contribution in [1.82, 2.24) is 10.6 Å². The number of fused-ring (bicyclic) bond motifs is 1. The lowest BCUT2D eigenvalue weighted by Gasteiger charge is -2.14. The zero-order valence-corrected chi connectivity index (χ0v) is 13.0. The van der Waals surface area contributed by atoms with E-state index in [-0.39, 0.29) is 17.9 Å². The highest BCUT2D eigenvalue weighted by Gasteiger charge is 2.23. The third kappa shape index (κ3) is 3.36. The lowest BCUT2D eigenvalue weighted by molar-refractivity contribution is -0.121. The average Bonchev–Trinajstić information content (AvgIpc) is 3.17. The number of rotatable bonds is 5. The molecule has 1 atom stereocenters. The van der Waals surface area contributed by atoms with Crippen molar-refractivity contribution in [3.05, 3.63) is 57.8 Å². The van der Waals surface area contributed by atoms with Gasteiger partial charge in [-0.1, -0.05) is 30.3 Å². The van der Waals surface area contributed by atoms with E-state index in [9.17, 15) is 9.59 Å². The second-order valence-electron chi connectivity index (χ2n) is 5.34. The van der Waals surface area contributed by atoms with E-state index < -0.39 is 0 Å². The number of hydrogen-bond acceptors (Lipinski definition) is 3. The predicted octanol–water partition coefficient (Wildman–Crippen LogP) is 2.67. The summed E-state index contributed by atoms with van der Waals surface area (Å²) >= 11 is 1.40. The molecule has 2 N–H and O–H groups in total. The fraction of sp³-hybridized carbons (Fsp3) is 0.294. The summed E-state index contributed by atoms with van der Waals surface area (Å²) in [5.74, 6) is -0.137. The van der Waals surface area contributed by atoms with Gasteiger partial charge in [0.15, 0.2) is 0 Å². The zero-order chi connectivity index (χ0) is 15.4. The first-order valence-electron chi connectivity index (χ1n) is 7.43. The summed E-state index contributed by atoms with van der Waals surface area (Å²) in [5, 5.41) is 7.69. The summed E-state index contributed by atoms with van der Waals surface area (Å²) in [6.45, 7) is 0.358. The van der Waals surface area contributed by atoms with Gasteiger partial charge >= 0.3 is 0 Å². The van der Waals surface area contributed by atoms with Gasteiger partial charge in [0.25, 0.3) is 5.91 Å². The summed E-state index contributed by atoms with van der Waals surface area (Å²) in [6.07, 6.45) is 2.26. The van der Waals surface area contributed by atoms with Crippen molar-refractivity contribution in [1.29, 1.82) is 0 Å². The third-order valence-electron chi connectivity index (χ3n) is 3.85. The number of aryl methyl sites for hydroxylation is 1. The Morgan fingerprint density at radius 2 is 2.05 bits per heavy atom. The molecule has 5 heteroatoms. The largest absolute Gasteiger partial charge is 0.351 e. The van der Waals surface area contributed by atoms with E-state index in [2.05, 4.69) is 22.8 Å². The van der Waals surface area contributed by atoms with Crippen molar-refractivity contribution >= 4 is 23.2 Å². The van der Waals surface area contributed by atoms with Crippen molar-refractivity contribution < 1.29 is 9.59 Å². The molecule has 4 nitrogen and oxygen atoms in total. The maximum Gasteiger partial charge on any atom is 0.261 e. The fourth-order valence-corrected chi connectivity index (χ4v) is 3.40. The van der Waals surface area contributed by atoms with Crippen LogP contribution in [0.25, 0.3) is 0 Å². The van der Waals surface area contributed by atoms with Crippen LogP contribution >= 0.6 is 11.3 Å². The van der Waals surface area contributed by atoms with Gasteiger partial charge in [0.05, 0.1) is 10.9 Å². The summed E-state index contributed by atoms with van der Waals surface area (Å²) in [5.41, 5.74) is 2.54. The van der Waals surface area contributed by atoms with Crippen molar-refractivity contribution in [3.63, 3.8) is 0 Å². The molecular formula is C17H18N2O2S. The Labute approximate surface area is 133 Å². The first-order valence-corrected chi connectivity index (χ1v) is 8.31. The maximum absolute atomic E-state index is 12.0. The molecule has 0 unspecified atom stereocenters. The minimum absolute atomic E-state index is 0.0202. The average molecular weight is 314 g/mol. The molecule has 0 aliphatic heterocycles. The number of benzene rings is 1. The predicted molar refractivity (Wildman–Crippen MR) is 86.9 cm³/mol. The molecule has 0 bridgehead atoms. The first kappa shape index (κ1) is 14.8. The first-order chi connectivity index (χ1) is 10.7. The fourth-order valence-electron chi connectivity index (χ4n) is 2.76. The topological polar surface area (TPSA) is 58.2 Å². The molecule has 3 rings (SSSR count). The zero-order valence-electron chi connectivity index (χ0n) is 12.2. The smallest absolute Gasteiger partial charge is 0.261 e. The second-order valence-corrected chi connectivity index (χ2v) is 6.29. The Kier molecular flexibility index (Phi) is 4.53. The number of nitrogens with one attached hydrogen (secondary N) is 2. The van der Waals surface area contributed by atoms with E-state index >= 15 is 0 Å². The molecule has 1 heterocycles. The van der Waals surface area contributed by atoms with Crippen LogP contribution in [0.1, 0.15) is 39.7 Å². The molecule has 1 aromatic heterocycles. The number of amides is 2. The van der Waals surface area contributed by atoms with Gasteiger partial charge in [0.1, 0.15) is 0 Å². The van der Waals surface area contributed by atoms with Crippen LogP contribution in [0.4, 0.5) is 0 Å². The molecule has 2 amide bonds. The molecule has 1 aliphatic rings. The van der Waals surface area contributed by atoms with Gasteiger partial charge in [0.2, 0.25) is 5.91 Å². The van der Waals surface area contributed by atoms with Crippen LogP contribution in [0.15, 0.2) is 41.8 Å². The molecule has 0 spiro atoms. The van der Waals surface area contributed by atoms with E-state index in [0.717, 1.165) is 12.8 Å². The lowest BCUT2D eigenvalue weighted by Crippen LogP contribution is -2.32. The number of hydrogen-bond donors (Lipinski definition) is 2. The number of thiophene rings is 1. The van der Waals surface area contributed by atoms with E-state index in [4.69, 9.17) is 0 Å². The van der Waals surface area contributed by atoms with Crippen LogP contribution in [0.2, 0.25) is 0 Å². The molecule has 114 valence electrons. The standard InChI is InChI=1S/C17H18N2O2S/c20-16(9-10-18-17(21)15-6-3-11-22-15)19-14-8-7-12-4-1-2-5-13(12)14/h1-6,11,14H,7-10H2,(H,18,21)(H,19,20)/t14-/m0/s1. The Morgan fingerprint density at radius 1 is 1.18 bits per heavy atom. The van der Waals surface area contributed by atoms with Gasteiger partial charge in [-0.25, -0.2) is 0 Å². The third-order valence-corrected chi connectivity index (χ3v) is 4.72. The molecule has 2 aromatic rings. The van der Waals surface area contributed by atoms with E-state index in [1.54, 1.807) is 6.07 Å². The summed E-state index contributed by atoms with van der Waals surface area (Å²) < 4.78 is 0. The van der Waals surface area contributed by atoms with E-state index in [1.165, 1.54) is 22.5 Å². The van der Waals surface area contributed by atoms with Crippen molar-refractivity contribution in [2.24, 2.45) is 0 Å². The van der Waals surface area contributed by atoms with E-state index in [0.29, 0.717) is 17.8 Å². The van der Waals surface area contributed by atoms with Gasteiger partial charge in [-0.15, -0.1) is 11.3 Å². The van der Waals surface area contributed by atoms with Crippen LogP contribution in [-0.2, 0) is 11.2 Å². The van der Waals surface area contributed by atoms with Crippen LogP contribution in [0, 0.1) is 0 Å². The van der Waals surface area contributed by atoms with Crippen molar-refractivity contribution in [2.45, 2.75) is 25.3 Å². The molecular weight excluding hydrogens is 296 g/mol. The molecule has 0 saturated carbocycles. The summed E-state index contributed by atoms with van der Waals surface area (Å²) in [4.78, 5) is 24.5.